The molecular weight excluding hydrogens is 488 g/mol. The number of hydrogen-bond donors (Lipinski definition) is 1. The zero-order valence-corrected chi connectivity index (χ0v) is 23.9. The van der Waals surface area contributed by atoms with Crippen molar-refractivity contribution in [3.8, 4) is 11.4 Å². The normalized spacial score (nSPS) is 18.0. The average molecular weight is 529 g/mol. The Morgan fingerprint density at radius 3 is 2.44 bits per heavy atom. The number of carbonyl (C=O) groups excluding carboxylic acids is 1. The Morgan fingerprint density at radius 2 is 1.77 bits per heavy atom. The molecule has 0 unspecified atom stereocenters. The number of pyridine rings is 1. The smallest absolute Gasteiger partial charge is 0.225 e. The summed E-state index contributed by atoms with van der Waals surface area (Å²) in [4.78, 5) is 13.1. The van der Waals surface area contributed by atoms with Gasteiger partial charge >= 0.3 is 0 Å². The summed E-state index contributed by atoms with van der Waals surface area (Å²) in [7, 11) is 0. The highest BCUT2D eigenvalue weighted by atomic mass is 16.5. The number of carbonyl (C=O) groups is 1. The Hall–Kier alpha value is -3.68. The lowest BCUT2D eigenvalue weighted by molar-refractivity contribution is -0.117. The summed E-state index contributed by atoms with van der Waals surface area (Å²) in [6.07, 6.45) is 6.45. The number of rotatable bonds is 7. The Bertz CT molecular complexity index is 1440. The fourth-order valence-electron chi connectivity index (χ4n) is 5.17. The molecule has 1 aliphatic carbocycles. The van der Waals surface area contributed by atoms with Gasteiger partial charge in [-0.1, -0.05) is 52.3 Å². The van der Waals surface area contributed by atoms with E-state index < -0.39 is 0 Å². The van der Waals surface area contributed by atoms with Gasteiger partial charge in [0.25, 0.3) is 0 Å². The van der Waals surface area contributed by atoms with Crippen molar-refractivity contribution in [2.75, 3.05) is 5.32 Å². The second kappa shape index (κ2) is 10.8. The number of ether oxygens (including phenoxy) is 1. The summed E-state index contributed by atoms with van der Waals surface area (Å²) in [5.74, 6) is 3.15. The molecule has 206 valence electrons. The summed E-state index contributed by atoms with van der Waals surface area (Å²) >= 11 is 0. The lowest BCUT2D eigenvalue weighted by atomic mass is 9.85. The number of amides is 1. The number of aromatic nitrogens is 5. The first-order chi connectivity index (χ1) is 18.6. The summed E-state index contributed by atoms with van der Waals surface area (Å²) < 4.78 is 10.2. The fraction of sp³-hybridized carbons (Fsp3) is 0.484. The quantitative estimate of drug-likeness (QED) is 0.292. The highest BCUT2D eigenvalue weighted by Gasteiger charge is 2.26. The molecule has 4 aromatic rings. The molecule has 0 bridgehead atoms. The molecule has 1 fully saturated rings. The van der Waals surface area contributed by atoms with Gasteiger partial charge in [-0.3, -0.25) is 9.20 Å². The summed E-state index contributed by atoms with van der Waals surface area (Å²) in [5.41, 5.74) is 3.78. The van der Waals surface area contributed by atoms with Crippen LogP contribution in [0.1, 0.15) is 89.7 Å². The molecule has 8 nitrogen and oxygen atoms in total. The topological polar surface area (TPSA) is 86.3 Å². The summed E-state index contributed by atoms with van der Waals surface area (Å²) in [6.45, 7) is 12.7. The second-order valence-electron chi connectivity index (χ2n) is 12.2. The van der Waals surface area contributed by atoms with Gasteiger partial charge in [-0.05, 0) is 62.8 Å². The van der Waals surface area contributed by atoms with Crippen LogP contribution in [0.25, 0.3) is 11.3 Å². The number of nitrogens with zero attached hydrogens (tertiary/aromatic N) is 5. The van der Waals surface area contributed by atoms with E-state index in [-0.39, 0.29) is 23.3 Å². The van der Waals surface area contributed by atoms with Crippen LogP contribution in [0.2, 0.25) is 0 Å². The van der Waals surface area contributed by atoms with Crippen LogP contribution in [0.5, 0.6) is 5.75 Å². The van der Waals surface area contributed by atoms with E-state index in [2.05, 4.69) is 69.2 Å². The van der Waals surface area contributed by atoms with E-state index >= 15 is 0 Å². The molecule has 39 heavy (non-hydrogen) atoms. The monoisotopic (exact) mass is 528 g/mol. The molecule has 3 heterocycles. The lowest BCUT2D eigenvalue weighted by Gasteiger charge is -2.28. The van der Waals surface area contributed by atoms with Crippen molar-refractivity contribution < 1.29 is 9.53 Å². The summed E-state index contributed by atoms with van der Waals surface area (Å²) in [5, 5.41) is 16.5. The van der Waals surface area contributed by atoms with Gasteiger partial charge in [0, 0.05) is 23.8 Å². The molecule has 1 aliphatic rings. The third kappa shape index (κ3) is 6.15. The Morgan fingerprint density at radius 1 is 1.05 bits per heavy atom. The zero-order chi connectivity index (χ0) is 27.7. The molecular formula is C31H40N6O2. The second-order valence-corrected chi connectivity index (χ2v) is 12.2. The zero-order valence-electron chi connectivity index (χ0n) is 23.9. The predicted molar refractivity (Wildman–Crippen MR) is 154 cm³/mol. The van der Waals surface area contributed by atoms with E-state index in [0.717, 1.165) is 60.1 Å². The van der Waals surface area contributed by atoms with Crippen molar-refractivity contribution in [2.45, 2.75) is 91.1 Å². The van der Waals surface area contributed by atoms with Crippen LogP contribution in [-0.4, -0.2) is 36.4 Å². The Balaban J connectivity index is 1.19. The van der Waals surface area contributed by atoms with Crippen LogP contribution in [0, 0.1) is 12.8 Å². The predicted octanol–water partition coefficient (Wildman–Crippen LogP) is 6.61. The summed E-state index contributed by atoms with van der Waals surface area (Å²) in [6, 6.07) is 14.1. The molecule has 8 heteroatoms. The molecule has 1 amide bonds. The number of aryl methyl sites for hydroxylation is 1. The van der Waals surface area contributed by atoms with E-state index in [1.54, 1.807) is 0 Å². The number of benzene rings is 1. The van der Waals surface area contributed by atoms with Gasteiger partial charge in [0.1, 0.15) is 17.4 Å². The van der Waals surface area contributed by atoms with Gasteiger partial charge < -0.3 is 10.1 Å². The molecule has 5 rings (SSSR count). The minimum Gasteiger partial charge on any atom is -0.489 e. The van der Waals surface area contributed by atoms with E-state index in [4.69, 9.17) is 9.84 Å². The van der Waals surface area contributed by atoms with Crippen LogP contribution in [0.4, 0.5) is 5.82 Å². The largest absolute Gasteiger partial charge is 0.489 e. The molecule has 0 radical (unpaired) electrons. The number of anilines is 1. The van der Waals surface area contributed by atoms with Gasteiger partial charge in [-0.15, -0.1) is 10.2 Å². The maximum absolute atomic E-state index is 13.1. The molecule has 1 saturated carbocycles. The number of nitrogens with one attached hydrogen (secondary N) is 1. The molecule has 0 spiro atoms. The van der Waals surface area contributed by atoms with Gasteiger partial charge in [0.15, 0.2) is 5.65 Å². The maximum Gasteiger partial charge on any atom is 0.225 e. The first-order valence-corrected chi connectivity index (χ1v) is 14.1. The third-order valence-corrected chi connectivity index (χ3v) is 7.51. The van der Waals surface area contributed by atoms with Crippen LogP contribution in [0.15, 0.2) is 48.7 Å². The molecule has 3 aromatic heterocycles. The molecule has 1 N–H and O–H groups in total. The molecule has 1 aromatic carbocycles. The molecule has 0 atom stereocenters. The van der Waals surface area contributed by atoms with Crippen molar-refractivity contribution in [3.05, 3.63) is 65.7 Å². The van der Waals surface area contributed by atoms with Crippen LogP contribution < -0.4 is 10.1 Å². The van der Waals surface area contributed by atoms with Crippen LogP contribution in [-0.2, 0) is 10.2 Å². The van der Waals surface area contributed by atoms with Crippen molar-refractivity contribution in [2.24, 2.45) is 5.92 Å². The average Bonchev–Trinajstić information content (AvgIpc) is 3.50. The van der Waals surface area contributed by atoms with Crippen molar-refractivity contribution >= 4 is 17.4 Å². The molecule has 0 saturated heterocycles. The maximum atomic E-state index is 13.1. The van der Waals surface area contributed by atoms with Gasteiger partial charge in [-0.2, -0.15) is 5.10 Å². The van der Waals surface area contributed by atoms with Gasteiger partial charge in [0.05, 0.1) is 23.7 Å². The highest BCUT2D eigenvalue weighted by Crippen LogP contribution is 2.31. The van der Waals surface area contributed by atoms with E-state index in [9.17, 15) is 4.79 Å². The van der Waals surface area contributed by atoms with Crippen molar-refractivity contribution in [3.63, 3.8) is 0 Å². The van der Waals surface area contributed by atoms with E-state index in [0.29, 0.717) is 12.3 Å². The van der Waals surface area contributed by atoms with E-state index in [1.165, 1.54) is 5.56 Å². The number of hydrogen-bond acceptors (Lipinski definition) is 5. The van der Waals surface area contributed by atoms with Crippen LogP contribution in [0.3, 0.4) is 0 Å². The van der Waals surface area contributed by atoms with E-state index in [1.807, 2.05) is 45.6 Å². The van der Waals surface area contributed by atoms with Crippen molar-refractivity contribution in [1.29, 1.82) is 0 Å². The highest BCUT2D eigenvalue weighted by molar-refractivity contribution is 5.90. The SMILES string of the molecule is Cc1ccc(-n2nc(C(C)(C)C)cc2NC(=O)CC2CCC(Oc3ccc4nnc(C(C)C)n4c3)CC2)cc1. The third-order valence-electron chi connectivity index (χ3n) is 7.51. The standard InChI is InChI=1S/C31H40N6O2/c1-20(2)30-34-33-27-16-15-25(19-36(27)30)39-24-13-9-22(10-14-24)17-29(38)32-28-18-26(31(4,5)6)35-37(28)23-11-7-21(3)8-12-23/h7-8,11-12,15-16,18-20,22,24H,9-10,13-14,17H2,1-6H3,(H,32,38). The Kier molecular flexibility index (Phi) is 7.47. The lowest BCUT2D eigenvalue weighted by Crippen LogP contribution is -2.27. The minimum atomic E-state index is -0.122. The van der Waals surface area contributed by atoms with Crippen molar-refractivity contribution in [1.82, 2.24) is 24.4 Å². The first kappa shape index (κ1) is 26.9. The minimum absolute atomic E-state index is 0.0346. The van der Waals surface area contributed by atoms with Gasteiger partial charge in [0.2, 0.25) is 5.91 Å². The fourth-order valence-corrected chi connectivity index (χ4v) is 5.17. The van der Waals surface area contributed by atoms with Gasteiger partial charge in [-0.25, -0.2) is 4.68 Å². The first-order valence-electron chi connectivity index (χ1n) is 14.1. The Labute approximate surface area is 230 Å². The van der Waals surface area contributed by atoms with Crippen LogP contribution >= 0.6 is 0 Å². The number of fused-ring (bicyclic) bond motifs is 1. The molecule has 0 aliphatic heterocycles.